The molecule has 226 valence electrons. The molecule has 0 aliphatic carbocycles. The van der Waals surface area contributed by atoms with Crippen LogP contribution < -0.4 is 29.0 Å². The van der Waals surface area contributed by atoms with Crippen molar-refractivity contribution in [3.63, 3.8) is 0 Å². The van der Waals surface area contributed by atoms with Gasteiger partial charge in [0, 0.05) is 41.4 Å². The highest BCUT2D eigenvalue weighted by Gasteiger charge is 2.31. The minimum atomic E-state index is -0.142. The molecule has 4 aromatic rings. The van der Waals surface area contributed by atoms with Crippen molar-refractivity contribution in [1.29, 1.82) is 0 Å². The predicted molar refractivity (Wildman–Crippen MR) is 166 cm³/mol. The van der Waals surface area contributed by atoms with E-state index in [0.29, 0.717) is 73.3 Å². The molecule has 0 radical (unpaired) electrons. The van der Waals surface area contributed by atoms with Gasteiger partial charge in [0.15, 0.2) is 34.5 Å². The number of nitrogens with zero attached hydrogens (tertiary/aromatic N) is 1. The van der Waals surface area contributed by atoms with Gasteiger partial charge in [0.1, 0.15) is 5.75 Å². The Labute approximate surface area is 255 Å². The third kappa shape index (κ3) is 4.83. The molecule has 0 saturated heterocycles. The van der Waals surface area contributed by atoms with Crippen molar-refractivity contribution < 1.29 is 33.9 Å². The van der Waals surface area contributed by atoms with Crippen molar-refractivity contribution in [1.82, 2.24) is 5.32 Å². The van der Waals surface area contributed by atoms with Gasteiger partial charge < -0.3 is 39.2 Å². The van der Waals surface area contributed by atoms with Crippen LogP contribution in [0.5, 0.6) is 51.7 Å². The van der Waals surface area contributed by atoms with Crippen molar-refractivity contribution in [3.8, 4) is 51.7 Å². The summed E-state index contributed by atoms with van der Waals surface area (Å²) in [5.74, 6) is 3.25. The molecule has 0 saturated carbocycles. The second-order valence-corrected chi connectivity index (χ2v) is 11.2. The van der Waals surface area contributed by atoms with Crippen molar-refractivity contribution in [3.05, 3.63) is 88.0 Å². The van der Waals surface area contributed by atoms with Crippen LogP contribution in [0.15, 0.2) is 59.6 Å². The van der Waals surface area contributed by atoms with Gasteiger partial charge in [0.25, 0.3) is 0 Å². The van der Waals surface area contributed by atoms with Crippen LogP contribution in [0, 0.1) is 0 Å². The van der Waals surface area contributed by atoms with E-state index in [9.17, 15) is 10.2 Å². The van der Waals surface area contributed by atoms with Gasteiger partial charge in [0.05, 0.1) is 21.3 Å². The molecule has 0 fully saturated rings. The molecule has 3 N–H and O–H groups in total. The fraction of sp³-hybridized carbons (Fsp3) is 0.286. The summed E-state index contributed by atoms with van der Waals surface area (Å²) in [6.45, 7) is 1.27. The van der Waals surface area contributed by atoms with Crippen LogP contribution in [-0.2, 0) is 25.7 Å². The largest absolute Gasteiger partial charge is 0.504 e. The average Bonchev–Trinajstić information content (AvgIpc) is 3.03. The Morgan fingerprint density at radius 3 is 2.39 bits per heavy atom. The summed E-state index contributed by atoms with van der Waals surface area (Å²) >= 11 is 0. The van der Waals surface area contributed by atoms with Crippen molar-refractivity contribution in [2.45, 2.75) is 31.7 Å². The molecule has 4 heterocycles. The molecule has 10 bridgehead atoms. The summed E-state index contributed by atoms with van der Waals surface area (Å²) in [5, 5.41) is 25.7. The Morgan fingerprint density at radius 1 is 0.818 bits per heavy atom. The number of fused-ring (bicyclic) bond motifs is 2. The Bertz CT molecular complexity index is 1780. The molecule has 9 nitrogen and oxygen atoms in total. The molecule has 4 aromatic carbocycles. The quantitative estimate of drug-likeness (QED) is 0.263. The number of phenolic OH excluding ortho intramolecular Hbond substituents is 2. The molecule has 0 unspecified atom stereocenters. The van der Waals surface area contributed by atoms with Crippen molar-refractivity contribution in [2.75, 3.05) is 34.4 Å². The zero-order chi connectivity index (χ0) is 30.4. The van der Waals surface area contributed by atoms with Crippen LogP contribution in [0.2, 0.25) is 0 Å². The standard InChI is InChI=1S/C35H34N2O7/c1-40-30-17-25-23-11-13-37-26(25)14-19-4-7-21(8-5-19)43-29-16-20(6-9-28(29)38)15-27-24-18-31(44-33(23)35(30)42-3)34(41-2)32(39)22(24)10-12-36-27/h4-9,16-18,27,36,38-39H,10-15H2,1-3H3/t27-/m0/s1. The van der Waals surface area contributed by atoms with Gasteiger partial charge in [-0.1, -0.05) is 18.2 Å². The van der Waals surface area contributed by atoms with E-state index >= 15 is 0 Å². The first-order chi connectivity index (χ1) is 21.5. The number of aromatic hydroxyl groups is 2. The zero-order valence-corrected chi connectivity index (χ0v) is 24.9. The minimum Gasteiger partial charge on any atom is -0.504 e. The number of nitrogens with one attached hydrogen (secondary N) is 1. The minimum absolute atomic E-state index is 0.0602. The number of hydrogen-bond donors (Lipinski definition) is 3. The summed E-state index contributed by atoms with van der Waals surface area (Å²) in [5.41, 5.74) is 6.51. The molecule has 0 spiro atoms. The van der Waals surface area contributed by atoms with Crippen LogP contribution >= 0.6 is 0 Å². The zero-order valence-electron chi connectivity index (χ0n) is 24.9. The van der Waals surface area contributed by atoms with Crippen LogP contribution in [0.4, 0.5) is 0 Å². The molecule has 44 heavy (non-hydrogen) atoms. The van der Waals surface area contributed by atoms with Gasteiger partial charge in [-0.2, -0.15) is 0 Å². The van der Waals surface area contributed by atoms with E-state index < -0.39 is 0 Å². The van der Waals surface area contributed by atoms with Gasteiger partial charge in [-0.3, -0.25) is 4.99 Å². The normalized spacial score (nSPS) is 16.8. The van der Waals surface area contributed by atoms with E-state index in [1.165, 1.54) is 7.11 Å². The molecule has 8 rings (SSSR count). The highest BCUT2D eigenvalue weighted by molar-refractivity contribution is 6.05. The Kier molecular flexibility index (Phi) is 7.18. The van der Waals surface area contributed by atoms with E-state index in [2.05, 4.69) is 5.32 Å². The van der Waals surface area contributed by atoms with Gasteiger partial charge in [-0.15, -0.1) is 0 Å². The van der Waals surface area contributed by atoms with Gasteiger partial charge in [-0.25, -0.2) is 0 Å². The molecule has 1 atom stereocenters. The molecule has 4 aliphatic rings. The summed E-state index contributed by atoms with van der Waals surface area (Å²) in [7, 11) is 4.72. The number of rotatable bonds is 3. The third-order valence-electron chi connectivity index (χ3n) is 8.61. The Morgan fingerprint density at radius 2 is 1.61 bits per heavy atom. The number of ether oxygens (including phenoxy) is 5. The van der Waals surface area contributed by atoms with E-state index in [1.807, 2.05) is 48.5 Å². The number of aliphatic imine (C=N–C) groups is 1. The van der Waals surface area contributed by atoms with Crippen molar-refractivity contribution >= 4 is 5.71 Å². The van der Waals surface area contributed by atoms with E-state index in [4.69, 9.17) is 28.7 Å². The van der Waals surface area contributed by atoms with Crippen LogP contribution in [0.25, 0.3) is 0 Å². The first kappa shape index (κ1) is 27.9. The van der Waals surface area contributed by atoms with Crippen LogP contribution in [0.3, 0.4) is 0 Å². The molecule has 0 aromatic heterocycles. The maximum Gasteiger partial charge on any atom is 0.204 e. The monoisotopic (exact) mass is 594 g/mol. The first-order valence-corrected chi connectivity index (χ1v) is 14.7. The fourth-order valence-electron chi connectivity index (χ4n) is 6.46. The lowest BCUT2D eigenvalue weighted by atomic mass is 9.89. The predicted octanol–water partition coefficient (Wildman–Crippen LogP) is 6.04. The molecule has 9 heteroatoms. The van der Waals surface area contributed by atoms with Gasteiger partial charge in [0.2, 0.25) is 11.5 Å². The van der Waals surface area contributed by atoms with Crippen LogP contribution in [-0.4, -0.2) is 50.3 Å². The smallest absolute Gasteiger partial charge is 0.204 e. The number of hydrogen-bond acceptors (Lipinski definition) is 9. The fourth-order valence-corrected chi connectivity index (χ4v) is 6.46. The molecule has 0 amide bonds. The number of benzene rings is 4. The highest BCUT2D eigenvalue weighted by Crippen LogP contribution is 2.51. The highest BCUT2D eigenvalue weighted by atomic mass is 16.5. The first-order valence-electron chi connectivity index (χ1n) is 14.7. The number of methoxy groups -OCH3 is 3. The summed E-state index contributed by atoms with van der Waals surface area (Å²) < 4.78 is 30.2. The maximum absolute atomic E-state index is 11.5. The second kappa shape index (κ2) is 11.3. The molecular formula is C35H34N2O7. The lowest BCUT2D eigenvalue weighted by Crippen LogP contribution is -2.31. The lowest BCUT2D eigenvalue weighted by Gasteiger charge is -2.30. The van der Waals surface area contributed by atoms with E-state index in [0.717, 1.165) is 39.1 Å². The molecule has 4 aliphatic heterocycles. The van der Waals surface area contributed by atoms with E-state index in [-0.39, 0.29) is 23.3 Å². The average molecular weight is 595 g/mol. The lowest BCUT2D eigenvalue weighted by molar-refractivity contribution is 0.319. The third-order valence-corrected chi connectivity index (χ3v) is 8.61. The van der Waals surface area contributed by atoms with Crippen molar-refractivity contribution in [2.24, 2.45) is 4.99 Å². The summed E-state index contributed by atoms with van der Waals surface area (Å²) in [6, 6.07) is 17.0. The van der Waals surface area contributed by atoms with E-state index in [1.54, 1.807) is 20.3 Å². The SMILES string of the molecule is COc1cc2c3c(c1OC)Oc1cc4c(c(O)c1OC)CCN[C@H]4Cc1ccc(O)c(c1)Oc1ccc(cc1)CC2=NCC3. The summed E-state index contributed by atoms with van der Waals surface area (Å²) in [4.78, 5) is 4.90. The Hall–Kier alpha value is -4.89. The van der Waals surface area contributed by atoms with Gasteiger partial charge in [-0.05, 0) is 78.9 Å². The van der Waals surface area contributed by atoms with Gasteiger partial charge >= 0.3 is 0 Å². The topological polar surface area (TPSA) is 111 Å². The van der Waals surface area contributed by atoms with Crippen LogP contribution in [0.1, 0.15) is 39.4 Å². The molecular weight excluding hydrogens is 560 g/mol. The maximum atomic E-state index is 11.5. The number of phenols is 2. The summed E-state index contributed by atoms with van der Waals surface area (Å²) in [6.07, 6.45) is 2.44. The Balaban J connectivity index is 1.45. The second-order valence-electron chi connectivity index (χ2n) is 11.2.